The first-order valence-corrected chi connectivity index (χ1v) is 6.82. The molecule has 0 amide bonds. The first kappa shape index (κ1) is 13.3. The Bertz CT molecular complexity index is 559. The molecule has 19 heavy (non-hydrogen) atoms. The summed E-state index contributed by atoms with van der Waals surface area (Å²) < 4.78 is 5.58. The van der Waals surface area contributed by atoms with Gasteiger partial charge in [-0.3, -0.25) is 0 Å². The third-order valence-electron chi connectivity index (χ3n) is 2.34. The van der Waals surface area contributed by atoms with Crippen LogP contribution in [0.1, 0.15) is 23.9 Å². The fourth-order valence-electron chi connectivity index (χ4n) is 1.39. The molecule has 1 aromatic heterocycles. The van der Waals surface area contributed by atoms with Gasteiger partial charge in [-0.1, -0.05) is 18.3 Å². The van der Waals surface area contributed by atoms with E-state index in [-0.39, 0.29) is 0 Å². The Labute approximate surface area is 115 Å². The van der Waals surface area contributed by atoms with Gasteiger partial charge in [0, 0.05) is 6.54 Å². The SMILES string of the molecule is CCCNc1nnc(COc2ccc(C#N)cc2)s1. The summed E-state index contributed by atoms with van der Waals surface area (Å²) in [4.78, 5) is 0. The second kappa shape index (κ2) is 6.71. The summed E-state index contributed by atoms with van der Waals surface area (Å²) in [5, 5.41) is 21.6. The van der Waals surface area contributed by atoms with Crippen molar-refractivity contribution in [3.05, 3.63) is 34.8 Å². The smallest absolute Gasteiger partial charge is 0.205 e. The van der Waals surface area contributed by atoms with Gasteiger partial charge in [0.05, 0.1) is 11.6 Å². The van der Waals surface area contributed by atoms with Gasteiger partial charge in [-0.15, -0.1) is 10.2 Å². The molecule has 6 heteroatoms. The molecule has 0 aliphatic rings. The first-order chi connectivity index (χ1) is 9.31. The highest BCUT2D eigenvalue weighted by atomic mass is 32.1. The fraction of sp³-hybridized carbons (Fsp3) is 0.308. The summed E-state index contributed by atoms with van der Waals surface area (Å²) in [5.74, 6) is 0.720. The molecule has 5 nitrogen and oxygen atoms in total. The molecule has 1 N–H and O–H groups in total. The Hall–Kier alpha value is -2.13. The van der Waals surface area contributed by atoms with Crippen LogP contribution in [0.15, 0.2) is 24.3 Å². The number of aromatic nitrogens is 2. The van der Waals surface area contributed by atoms with Gasteiger partial charge in [0.15, 0.2) is 5.01 Å². The quantitative estimate of drug-likeness (QED) is 0.877. The van der Waals surface area contributed by atoms with E-state index in [4.69, 9.17) is 10.00 Å². The van der Waals surface area contributed by atoms with Crippen molar-refractivity contribution in [2.45, 2.75) is 20.0 Å². The van der Waals surface area contributed by atoms with Gasteiger partial charge < -0.3 is 10.1 Å². The van der Waals surface area contributed by atoms with Gasteiger partial charge in [-0.2, -0.15) is 5.26 Å². The summed E-state index contributed by atoms with van der Waals surface area (Å²) in [6, 6.07) is 9.07. The molecule has 0 bridgehead atoms. The van der Waals surface area contributed by atoms with Crippen molar-refractivity contribution >= 4 is 16.5 Å². The van der Waals surface area contributed by atoms with Crippen LogP contribution in [-0.4, -0.2) is 16.7 Å². The van der Waals surface area contributed by atoms with Gasteiger partial charge >= 0.3 is 0 Å². The maximum absolute atomic E-state index is 8.70. The van der Waals surface area contributed by atoms with Crippen molar-refractivity contribution in [1.29, 1.82) is 5.26 Å². The Balaban J connectivity index is 1.87. The zero-order chi connectivity index (χ0) is 13.5. The van der Waals surface area contributed by atoms with Crippen LogP contribution in [0, 0.1) is 11.3 Å². The molecule has 0 saturated heterocycles. The van der Waals surface area contributed by atoms with Crippen molar-refractivity contribution in [3.63, 3.8) is 0 Å². The molecule has 0 saturated carbocycles. The monoisotopic (exact) mass is 274 g/mol. The number of nitriles is 1. The summed E-state index contributed by atoms with van der Waals surface area (Å²) in [7, 11) is 0. The number of rotatable bonds is 6. The molecular formula is C13H14N4OS. The average molecular weight is 274 g/mol. The van der Waals surface area contributed by atoms with Crippen molar-refractivity contribution in [2.75, 3.05) is 11.9 Å². The normalized spacial score (nSPS) is 9.89. The number of ether oxygens (including phenoxy) is 1. The highest BCUT2D eigenvalue weighted by molar-refractivity contribution is 7.15. The lowest BCUT2D eigenvalue weighted by atomic mass is 10.2. The van der Waals surface area contributed by atoms with Crippen LogP contribution in [0.2, 0.25) is 0 Å². The molecule has 2 aromatic rings. The average Bonchev–Trinajstić information content (AvgIpc) is 2.91. The van der Waals surface area contributed by atoms with E-state index in [1.165, 1.54) is 11.3 Å². The van der Waals surface area contributed by atoms with E-state index < -0.39 is 0 Å². The van der Waals surface area contributed by atoms with E-state index >= 15 is 0 Å². The molecule has 0 atom stereocenters. The summed E-state index contributed by atoms with van der Waals surface area (Å²) in [5.41, 5.74) is 0.620. The number of nitrogens with one attached hydrogen (secondary N) is 1. The maximum atomic E-state index is 8.70. The largest absolute Gasteiger partial charge is 0.486 e. The molecule has 0 unspecified atom stereocenters. The Morgan fingerprint density at radius 1 is 1.32 bits per heavy atom. The molecule has 0 fully saturated rings. The summed E-state index contributed by atoms with van der Waals surface area (Å²) in [6.45, 7) is 3.38. The second-order valence-corrected chi connectivity index (χ2v) is 4.91. The topological polar surface area (TPSA) is 70.8 Å². The van der Waals surface area contributed by atoms with E-state index in [0.717, 1.165) is 28.9 Å². The molecule has 98 valence electrons. The predicted molar refractivity (Wildman–Crippen MR) is 74.2 cm³/mol. The maximum Gasteiger partial charge on any atom is 0.205 e. The van der Waals surface area contributed by atoms with Crippen LogP contribution in [0.3, 0.4) is 0 Å². The van der Waals surface area contributed by atoms with E-state index in [0.29, 0.717) is 12.2 Å². The van der Waals surface area contributed by atoms with Gasteiger partial charge in [-0.25, -0.2) is 0 Å². The zero-order valence-corrected chi connectivity index (χ0v) is 11.4. The summed E-state index contributed by atoms with van der Waals surface area (Å²) >= 11 is 1.49. The van der Waals surface area contributed by atoms with Crippen LogP contribution >= 0.6 is 11.3 Å². The van der Waals surface area contributed by atoms with E-state index in [1.54, 1.807) is 24.3 Å². The number of hydrogen-bond donors (Lipinski definition) is 1. The Morgan fingerprint density at radius 2 is 2.11 bits per heavy atom. The predicted octanol–water partition coefficient (Wildman–Crippen LogP) is 2.81. The van der Waals surface area contributed by atoms with E-state index in [2.05, 4.69) is 28.5 Å². The van der Waals surface area contributed by atoms with Gasteiger partial charge in [0.2, 0.25) is 5.13 Å². The summed E-state index contributed by atoms with van der Waals surface area (Å²) in [6.07, 6.45) is 1.05. The third-order valence-corrected chi connectivity index (χ3v) is 3.19. The van der Waals surface area contributed by atoms with Crippen LogP contribution in [0.4, 0.5) is 5.13 Å². The zero-order valence-electron chi connectivity index (χ0n) is 10.6. The number of nitrogens with zero attached hydrogens (tertiary/aromatic N) is 3. The molecule has 0 spiro atoms. The minimum Gasteiger partial charge on any atom is -0.486 e. The lowest BCUT2D eigenvalue weighted by Crippen LogP contribution is -1.98. The van der Waals surface area contributed by atoms with Crippen molar-refractivity contribution in [1.82, 2.24) is 10.2 Å². The fourth-order valence-corrected chi connectivity index (χ4v) is 2.06. The van der Waals surface area contributed by atoms with Gasteiger partial charge in [-0.05, 0) is 30.7 Å². The highest BCUT2D eigenvalue weighted by Gasteiger charge is 2.04. The standard InChI is InChI=1S/C13H14N4OS/c1-2-7-15-13-17-16-12(19-13)9-18-11-5-3-10(8-14)4-6-11/h3-6H,2,7,9H2,1H3,(H,15,17). The van der Waals surface area contributed by atoms with Crippen molar-refractivity contribution < 1.29 is 4.74 Å². The third kappa shape index (κ3) is 3.93. The van der Waals surface area contributed by atoms with Crippen molar-refractivity contribution in [2.24, 2.45) is 0 Å². The van der Waals surface area contributed by atoms with E-state index in [9.17, 15) is 0 Å². The lowest BCUT2D eigenvalue weighted by Gasteiger charge is -2.02. The molecular weight excluding hydrogens is 260 g/mol. The van der Waals surface area contributed by atoms with Gasteiger partial charge in [0.25, 0.3) is 0 Å². The van der Waals surface area contributed by atoms with E-state index in [1.807, 2.05) is 0 Å². The highest BCUT2D eigenvalue weighted by Crippen LogP contribution is 2.18. The van der Waals surface area contributed by atoms with Crippen molar-refractivity contribution in [3.8, 4) is 11.8 Å². The Morgan fingerprint density at radius 3 is 2.79 bits per heavy atom. The lowest BCUT2D eigenvalue weighted by molar-refractivity contribution is 0.304. The van der Waals surface area contributed by atoms with Crippen LogP contribution in [0.5, 0.6) is 5.75 Å². The second-order valence-electron chi connectivity index (χ2n) is 3.85. The molecule has 2 rings (SSSR count). The van der Waals surface area contributed by atoms with Gasteiger partial charge in [0.1, 0.15) is 12.4 Å². The number of hydrogen-bond acceptors (Lipinski definition) is 6. The molecule has 0 aliphatic carbocycles. The number of anilines is 1. The molecule has 1 aromatic carbocycles. The van der Waals surface area contributed by atoms with Crippen LogP contribution in [0.25, 0.3) is 0 Å². The van der Waals surface area contributed by atoms with Crippen LogP contribution in [-0.2, 0) is 6.61 Å². The number of benzene rings is 1. The molecule has 0 radical (unpaired) electrons. The Kier molecular flexibility index (Phi) is 4.70. The van der Waals surface area contributed by atoms with Crippen LogP contribution < -0.4 is 10.1 Å². The minimum atomic E-state index is 0.386. The minimum absolute atomic E-state index is 0.386. The first-order valence-electron chi connectivity index (χ1n) is 6.01. The molecule has 0 aliphatic heterocycles. The molecule has 1 heterocycles.